The van der Waals surface area contributed by atoms with Gasteiger partial charge >= 0.3 is 11.9 Å². The van der Waals surface area contributed by atoms with Crippen LogP contribution >= 0.6 is 0 Å². The SMILES string of the molecule is COC(=O)[C@]1(C)[C@H](C)C[C@@H]2C(=O)[C@H](C)[C@H]3CC(=O)[C@](C)(C(=O)OCCO)[C@H]4CC[C@H]1[C@@H]2[C@H]34. The zero-order valence-corrected chi connectivity index (χ0v) is 19.8. The van der Waals surface area contributed by atoms with Crippen LogP contribution in [-0.2, 0) is 28.7 Å². The van der Waals surface area contributed by atoms with Gasteiger partial charge in [0.2, 0.25) is 0 Å². The van der Waals surface area contributed by atoms with E-state index in [9.17, 15) is 19.2 Å². The summed E-state index contributed by atoms with van der Waals surface area (Å²) in [6.07, 6.45) is 2.11. The van der Waals surface area contributed by atoms with E-state index in [0.717, 1.165) is 0 Å². The lowest BCUT2D eigenvalue weighted by molar-refractivity contribution is -0.206. The van der Waals surface area contributed by atoms with Crippen molar-refractivity contribution in [2.45, 2.75) is 53.4 Å². The molecule has 178 valence electrons. The molecule has 10 atom stereocenters. The molecule has 0 amide bonds. The molecule has 1 N–H and O–H groups in total. The fraction of sp³-hybridized carbons (Fsp3) is 0.840. The third-order valence-electron chi connectivity index (χ3n) is 10.1. The Bertz CT molecular complexity index is 836. The molecule has 0 aromatic rings. The van der Waals surface area contributed by atoms with E-state index in [2.05, 4.69) is 0 Å². The zero-order valence-electron chi connectivity index (χ0n) is 19.8. The van der Waals surface area contributed by atoms with E-state index in [-0.39, 0.29) is 84.5 Å². The maximum absolute atomic E-state index is 13.5. The Balaban J connectivity index is 1.80. The van der Waals surface area contributed by atoms with Gasteiger partial charge in [0, 0.05) is 18.3 Å². The van der Waals surface area contributed by atoms with Crippen LogP contribution in [0.4, 0.5) is 0 Å². The maximum Gasteiger partial charge on any atom is 0.319 e. The average Bonchev–Trinajstić information content (AvgIpc) is 2.78. The number of carbonyl (C=O) groups excluding carboxylic acids is 4. The molecule has 7 heteroatoms. The van der Waals surface area contributed by atoms with E-state index in [0.29, 0.717) is 19.3 Å². The minimum atomic E-state index is -1.28. The van der Waals surface area contributed by atoms with Crippen LogP contribution in [-0.4, -0.2) is 48.9 Å². The first kappa shape index (κ1) is 23.4. The van der Waals surface area contributed by atoms with Crippen molar-refractivity contribution >= 4 is 23.5 Å². The summed E-state index contributed by atoms with van der Waals surface area (Å²) in [6, 6.07) is 0. The summed E-state index contributed by atoms with van der Waals surface area (Å²) in [4.78, 5) is 53.0. The Kier molecular flexibility index (Phi) is 5.80. The Morgan fingerprint density at radius 2 is 1.72 bits per heavy atom. The second-order valence-corrected chi connectivity index (χ2v) is 11.0. The van der Waals surface area contributed by atoms with Crippen molar-refractivity contribution < 1.29 is 33.8 Å². The fourth-order valence-electron chi connectivity index (χ4n) is 8.19. The van der Waals surface area contributed by atoms with Crippen LogP contribution in [0.1, 0.15) is 53.4 Å². The first-order chi connectivity index (χ1) is 15.0. The second-order valence-electron chi connectivity index (χ2n) is 11.0. The number of ether oxygens (including phenoxy) is 2. The van der Waals surface area contributed by atoms with Crippen molar-refractivity contribution in [3.63, 3.8) is 0 Å². The van der Waals surface area contributed by atoms with Crippen molar-refractivity contribution in [2.75, 3.05) is 20.3 Å². The van der Waals surface area contributed by atoms with Crippen molar-refractivity contribution in [3.8, 4) is 0 Å². The first-order valence-corrected chi connectivity index (χ1v) is 12.0. The third-order valence-corrected chi connectivity index (χ3v) is 10.1. The highest BCUT2D eigenvalue weighted by molar-refractivity contribution is 6.05. The summed E-state index contributed by atoms with van der Waals surface area (Å²) in [5.41, 5.74) is -1.97. The lowest BCUT2D eigenvalue weighted by atomic mass is 9.38. The van der Waals surface area contributed by atoms with Crippen LogP contribution in [0, 0.1) is 58.2 Å². The number of methoxy groups -OCH3 is 1. The lowest BCUT2D eigenvalue weighted by Crippen LogP contribution is -2.67. The van der Waals surface area contributed by atoms with Gasteiger partial charge in [-0.1, -0.05) is 13.8 Å². The van der Waals surface area contributed by atoms with Gasteiger partial charge in [0.1, 0.15) is 17.8 Å². The van der Waals surface area contributed by atoms with Crippen molar-refractivity contribution in [1.29, 1.82) is 0 Å². The van der Waals surface area contributed by atoms with Gasteiger partial charge in [0.15, 0.2) is 5.78 Å². The van der Waals surface area contributed by atoms with E-state index in [1.807, 2.05) is 20.8 Å². The number of hydrogen-bond acceptors (Lipinski definition) is 7. The largest absolute Gasteiger partial charge is 0.469 e. The molecule has 4 rings (SSSR count). The summed E-state index contributed by atoms with van der Waals surface area (Å²) in [7, 11) is 1.42. The van der Waals surface area contributed by atoms with E-state index in [4.69, 9.17) is 14.6 Å². The van der Waals surface area contributed by atoms with Gasteiger partial charge in [-0.2, -0.15) is 0 Å². The smallest absolute Gasteiger partial charge is 0.319 e. The van der Waals surface area contributed by atoms with Crippen LogP contribution in [0.15, 0.2) is 0 Å². The van der Waals surface area contributed by atoms with E-state index < -0.39 is 16.8 Å². The summed E-state index contributed by atoms with van der Waals surface area (Å²) < 4.78 is 10.5. The highest BCUT2D eigenvalue weighted by Crippen LogP contribution is 2.67. The van der Waals surface area contributed by atoms with E-state index in [1.54, 1.807) is 6.92 Å². The minimum absolute atomic E-state index is 0.00677. The zero-order chi connectivity index (χ0) is 23.6. The van der Waals surface area contributed by atoms with Gasteiger partial charge in [-0.05, 0) is 68.6 Å². The van der Waals surface area contributed by atoms with Crippen LogP contribution < -0.4 is 0 Å². The number of rotatable bonds is 4. The van der Waals surface area contributed by atoms with Gasteiger partial charge in [0.05, 0.1) is 19.1 Å². The van der Waals surface area contributed by atoms with E-state index >= 15 is 0 Å². The topological polar surface area (TPSA) is 107 Å². The fourth-order valence-corrected chi connectivity index (χ4v) is 8.19. The van der Waals surface area contributed by atoms with Gasteiger partial charge in [0.25, 0.3) is 0 Å². The summed E-state index contributed by atoms with van der Waals surface area (Å²) in [5.74, 6) is -1.53. The summed E-state index contributed by atoms with van der Waals surface area (Å²) in [5, 5.41) is 9.11. The summed E-state index contributed by atoms with van der Waals surface area (Å²) >= 11 is 0. The molecule has 0 unspecified atom stereocenters. The highest BCUT2D eigenvalue weighted by Gasteiger charge is 2.69. The number of carbonyl (C=O) groups is 4. The van der Waals surface area contributed by atoms with E-state index in [1.165, 1.54) is 7.11 Å². The molecule has 4 fully saturated rings. The molecule has 4 aliphatic carbocycles. The molecule has 0 aliphatic heterocycles. The number of ketones is 2. The number of aliphatic hydroxyl groups excluding tert-OH is 1. The second kappa shape index (κ2) is 7.93. The van der Waals surface area contributed by atoms with Crippen LogP contribution in [0.3, 0.4) is 0 Å². The average molecular weight is 449 g/mol. The Hall–Kier alpha value is -1.76. The van der Waals surface area contributed by atoms with Crippen molar-refractivity contribution in [1.82, 2.24) is 0 Å². The highest BCUT2D eigenvalue weighted by atomic mass is 16.5. The quantitative estimate of drug-likeness (QED) is 0.520. The molecule has 0 bridgehead atoms. The Labute approximate surface area is 189 Å². The van der Waals surface area contributed by atoms with Crippen molar-refractivity contribution in [3.05, 3.63) is 0 Å². The third kappa shape index (κ3) is 2.88. The molecule has 7 nitrogen and oxygen atoms in total. The molecule has 0 radical (unpaired) electrons. The van der Waals surface area contributed by atoms with Crippen molar-refractivity contribution in [2.24, 2.45) is 58.2 Å². The monoisotopic (exact) mass is 448 g/mol. The van der Waals surface area contributed by atoms with Gasteiger partial charge in [-0.15, -0.1) is 0 Å². The predicted octanol–water partition coefficient (Wildman–Crippen LogP) is 2.43. The molecule has 0 aromatic heterocycles. The molecule has 0 spiro atoms. The van der Waals surface area contributed by atoms with Crippen LogP contribution in [0.2, 0.25) is 0 Å². The summed E-state index contributed by atoms with van der Waals surface area (Å²) in [6.45, 7) is 7.22. The van der Waals surface area contributed by atoms with Crippen LogP contribution in [0.25, 0.3) is 0 Å². The number of hydrogen-bond donors (Lipinski definition) is 1. The van der Waals surface area contributed by atoms with Gasteiger partial charge < -0.3 is 14.6 Å². The number of aliphatic hydroxyl groups is 1. The standard InChI is InChI=1S/C25H36O7/c1-12-10-15-20-16(24(12,3)22(29)31-5)6-7-17-19(20)14(13(2)21(15)28)11-18(27)25(17,4)23(30)32-9-8-26/h12-17,19-20,26H,6-11H2,1-5H3/t12-,13-,14-,15+,16+,17+,19-,20-,24-,25-/m1/s1. The maximum atomic E-state index is 13.5. The molecule has 0 aromatic carbocycles. The minimum Gasteiger partial charge on any atom is -0.469 e. The van der Waals surface area contributed by atoms with Crippen LogP contribution in [0.5, 0.6) is 0 Å². The molecule has 32 heavy (non-hydrogen) atoms. The molecular weight excluding hydrogens is 412 g/mol. The molecule has 4 aliphatic rings. The molecular formula is C25H36O7. The predicted molar refractivity (Wildman–Crippen MR) is 114 cm³/mol. The number of esters is 2. The molecule has 0 heterocycles. The van der Waals surface area contributed by atoms with Gasteiger partial charge in [-0.3, -0.25) is 19.2 Å². The normalized spacial score (nSPS) is 47.4. The Morgan fingerprint density at radius 3 is 2.34 bits per heavy atom. The molecule has 0 saturated heterocycles. The van der Waals surface area contributed by atoms with Gasteiger partial charge in [-0.25, -0.2) is 0 Å². The lowest BCUT2D eigenvalue weighted by Gasteiger charge is -2.64. The first-order valence-electron chi connectivity index (χ1n) is 12.0. The molecule has 4 saturated carbocycles. The number of Topliss-reactive ketones (excluding diaryl/α,β-unsaturated/α-hetero) is 2. The Morgan fingerprint density at radius 1 is 1.06 bits per heavy atom.